The molecule has 7 saturated carbocycles. The van der Waals surface area contributed by atoms with Crippen molar-refractivity contribution in [3.63, 3.8) is 0 Å². The Hall–Kier alpha value is -3.38. The first kappa shape index (κ1) is 84.5. The van der Waals surface area contributed by atoms with Crippen molar-refractivity contribution in [2.24, 2.45) is 58.7 Å². The van der Waals surface area contributed by atoms with Gasteiger partial charge in [0.2, 0.25) is 0 Å². The molecule has 0 spiro atoms. The second-order valence-corrected chi connectivity index (χ2v) is 39.9. The SMILES string of the molecule is C=CC(C=C)OC(=O)CCCCCCCCCCOC1CCC2CC(c3ccc(-c4ccc(C5CCC6C7CCC(c8ccc(-c9ccc(C%10CCC%11CC(OCCCCCCCCCCC(=O)OC(C=C)C=C)CCC%11C%10)s9)s8)CC7C(CCCCCCCC)(C(C)CCCCCC)C6C5)s4)s3)CCC2C1. The van der Waals surface area contributed by atoms with Crippen molar-refractivity contribution >= 4 is 57.3 Å². The number of fused-ring (bicyclic) bond motifs is 5. The summed E-state index contributed by atoms with van der Waals surface area (Å²) in [7, 11) is 0. The highest BCUT2D eigenvalue weighted by atomic mass is 32.1. The Bertz CT molecular complexity index is 3040. The zero-order chi connectivity index (χ0) is 74.6. The van der Waals surface area contributed by atoms with Gasteiger partial charge in [-0.15, -0.1) is 45.3 Å². The summed E-state index contributed by atoms with van der Waals surface area (Å²) in [5, 5.41) is 0. The number of hydrogen-bond acceptors (Lipinski definition) is 10. The largest absolute Gasteiger partial charge is 0.454 e. The van der Waals surface area contributed by atoms with Gasteiger partial charge in [0.05, 0.1) is 12.2 Å². The summed E-state index contributed by atoms with van der Waals surface area (Å²) < 4.78 is 23.9. The van der Waals surface area contributed by atoms with E-state index in [9.17, 15) is 9.59 Å². The predicted molar refractivity (Wildman–Crippen MR) is 459 cm³/mol. The molecule has 10 heteroatoms. The second kappa shape index (κ2) is 44.9. The number of esters is 2. The molecule has 0 saturated heterocycles. The molecule has 0 aromatic carbocycles. The van der Waals surface area contributed by atoms with E-state index < -0.39 is 0 Å². The van der Waals surface area contributed by atoms with Gasteiger partial charge < -0.3 is 18.9 Å². The van der Waals surface area contributed by atoms with Gasteiger partial charge in [0.15, 0.2) is 0 Å². The van der Waals surface area contributed by atoms with Gasteiger partial charge in [-0.3, -0.25) is 9.59 Å². The van der Waals surface area contributed by atoms with Crippen LogP contribution >= 0.6 is 45.3 Å². The maximum absolute atomic E-state index is 12.0. The molecule has 107 heavy (non-hydrogen) atoms. The third-order valence-electron chi connectivity index (χ3n) is 28.6. The molecule has 4 aromatic rings. The Balaban J connectivity index is 0.643. The number of carbonyl (C=O) groups is 2. The minimum absolute atomic E-state index is 0.147. The summed E-state index contributed by atoms with van der Waals surface area (Å²) >= 11 is 8.68. The smallest absolute Gasteiger partial charge is 0.306 e. The van der Waals surface area contributed by atoms with Crippen LogP contribution in [-0.4, -0.2) is 49.6 Å². The van der Waals surface area contributed by atoms with E-state index in [2.05, 4.69) is 141 Å². The van der Waals surface area contributed by atoms with Gasteiger partial charge in [-0.25, -0.2) is 0 Å². The highest BCUT2D eigenvalue weighted by molar-refractivity contribution is 7.22. The van der Waals surface area contributed by atoms with Gasteiger partial charge >= 0.3 is 11.9 Å². The number of rotatable bonds is 49. The van der Waals surface area contributed by atoms with E-state index in [1.807, 2.05) is 0 Å². The lowest BCUT2D eigenvalue weighted by atomic mass is 9.54. The minimum Gasteiger partial charge on any atom is -0.454 e. The number of carbonyl (C=O) groups excluding carboxylic acids is 2. The molecule has 4 aromatic heterocycles. The Morgan fingerprint density at radius 3 is 1.11 bits per heavy atom. The molecule has 15 atom stereocenters. The van der Waals surface area contributed by atoms with Crippen LogP contribution in [-0.2, 0) is 28.5 Å². The predicted octanol–water partition coefficient (Wildman–Crippen LogP) is 30.1. The molecule has 0 amide bonds. The van der Waals surface area contributed by atoms with Gasteiger partial charge in [-0.1, -0.05) is 195 Å². The average Bonchev–Trinajstić information content (AvgIpc) is 1.55. The van der Waals surface area contributed by atoms with Crippen LogP contribution in [0.15, 0.2) is 99.2 Å². The van der Waals surface area contributed by atoms with E-state index in [0.717, 1.165) is 104 Å². The van der Waals surface area contributed by atoms with Crippen molar-refractivity contribution in [3.05, 3.63) is 119 Å². The molecule has 0 aliphatic heterocycles. The van der Waals surface area contributed by atoms with Crippen molar-refractivity contribution in [2.75, 3.05) is 13.2 Å². The highest BCUT2D eigenvalue weighted by Gasteiger charge is 2.63. The number of unbranched alkanes of at least 4 members (excludes halogenated alkanes) is 22. The van der Waals surface area contributed by atoms with E-state index >= 15 is 0 Å². The Kier molecular flexibility index (Phi) is 35.5. The molecule has 0 N–H and O–H groups in total. The zero-order valence-corrected chi connectivity index (χ0v) is 70.8. The number of ether oxygens (including phenoxy) is 4. The quantitative estimate of drug-likeness (QED) is 0.0249. The lowest BCUT2D eigenvalue weighted by molar-refractivity contribution is -0.146. The fourth-order valence-electron chi connectivity index (χ4n) is 22.6. The second-order valence-electron chi connectivity index (χ2n) is 35.4. The summed E-state index contributed by atoms with van der Waals surface area (Å²) in [6.07, 6.45) is 67.9. The molecule has 594 valence electrons. The summed E-state index contributed by atoms with van der Waals surface area (Å²) in [6.45, 7) is 24.3. The van der Waals surface area contributed by atoms with Crippen LogP contribution in [0.3, 0.4) is 0 Å². The monoisotopic (exact) mass is 1540 g/mol. The van der Waals surface area contributed by atoms with Crippen molar-refractivity contribution < 1.29 is 28.5 Å². The van der Waals surface area contributed by atoms with Gasteiger partial charge in [0.1, 0.15) is 12.2 Å². The molecular formula is C97H146O6S4. The van der Waals surface area contributed by atoms with Crippen LogP contribution in [0.25, 0.3) is 19.5 Å². The Morgan fingerprint density at radius 2 is 0.720 bits per heavy atom. The van der Waals surface area contributed by atoms with Crippen molar-refractivity contribution in [3.8, 4) is 19.5 Å². The van der Waals surface area contributed by atoms with Crippen LogP contribution in [0.2, 0.25) is 0 Å². The first-order valence-electron chi connectivity index (χ1n) is 45.0. The normalized spacial score (nSPS) is 28.0. The molecule has 6 nitrogen and oxygen atoms in total. The van der Waals surface area contributed by atoms with Gasteiger partial charge in [0.25, 0.3) is 0 Å². The van der Waals surface area contributed by atoms with Crippen LogP contribution in [0, 0.1) is 58.7 Å². The highest BCUT2D eigenvalue weighted by Crippen LogP contribution is 2.71. The minimum atomic E-state index is -0.376. The van der Waals surface area contributed by atoms with E-state index in [1.54, 1.807) is 43.8 Å². The average molecular weight is 1540 g/mol. The fourth-order valence-corrected chi connectivity index (χ4v) is 27.4. The van der Waals surface area contributed by atoms with Crippen LogP contribution in [0.5, 0.6) is 0 Å². The molecule has 11 rings (SSSR count). The lowest BCUT2D eigenvalue weighted by Gasteiger charge is -2.50. The van der Waals surface area contributed by atoms with E-state index in [4.69, 9.17) is 18.9 Å². The van der Waals surface area contributed by atoms with E-state index in [0.29, 0.717) is 42.3 Å². The first-order chi connectivity index (χ1) is 52.5. The molecule has 0 radical (unpaired) electrons. The van der Waals surface area contributed by atoms with E-state index in [-0.39, 0.29) is 24.1 Å². The van der Waals surface area contributed by atoms with Gasteiger partial charge in [-0.2, -0.15) is 0 Å². The van der Waals surface area contributed by atoms with Crippen molar-refractivity contribution in [1.29, 1.82) is 0 Å². The molecule has 7 fully saturated rings. The van der Waals surface area contributed by atoms with Crippen LogP contribution in [0.1, 0.15) is 372 Å². The molecular weight excluding hydrogens is 1390 g/mol. The van der Waals surface area contributed by atoms with Crippen molar-refractivity contribution in [1.82, 2.24) is 0 Å². The molecule has 7 aliphatic carbocycles. The van der Waals surface area contributed by atoms with Gasteiger partial charge in [-0.05, 0) is 303 Å². The number of hydrogen-bond donors (Lipinski definition) is 0. The molecule has 4 heterocycles. The topological polar surface area (TPSA) is 71.1 Å². The Labute approximate surface area is 668 Å². The van der Waals surface area contributed by atoms with Gasteiger partial charge in [0, 0.05) is 65.1 Å². The molecule has 0 bridgehead atoms. The van der Waals surface area contributed by atoms with Crippen LogP contribution in [0.4, 0.5) is 0 Å². The van der Waals surface area contributed by atoms with Crippen LogP contribution < -0.4 is 0 Å². The number of thiophene rings is 4. The summed E-state index contributed by atoms with van der Waals surface area (Å²) in [6, 6.07) is 20.5. The van der Waals surface area contributed by atoms with E-state index in [1.165, 1.54) is 289 Å². The fraction of sp³-hybridized carbons (Fsp3) is 0.732. The summed E-state index contributed by atoms with van der Waals surface area (Å²) in [5.74, 6) is 10.3. The first-order valence-corrected chi connectivity index (χ1v) is 48.3. The van der Waals surface area contributed by atoms with Crippen molar-refractivity contribution in [2.45, 2.75) is 377 Å². The molecule has 7 aliphatic rings. The molecule has 15 unspecified atom stereocenters. The zero-order valence-electron chi connectivity index (χ0n) is 67.5. The maximum Gasteiger partial charge on any atom is 0.306 e. The summed E-state index contributed by atoms with van der Waals surface area (Å²) in [4.78, 5) is 36.9. The Morgan fingerprint density at radius 1 is 0.393 bits per heavy atom. The summed E-state index contributed by atoms with van der Waals surface area (Å²) in [5.41, 5.74) is 0.449. The lowest BCUT2D eigenvalue weighted by Crippen LogP contribution is -2.42. The third-order valence-corrected chi connectivity index (χ3v) is 33.9. The standard InChI is InChI=1S/C97H146O6S4/c1-8-14-16-18-29-35-61-97(70(7)38-32-17-15-9-2)85-68-77(89-55-59-93(106-89)91-57-53-87(104-91)75-43-41-73-66-81(49-45-71(73)64-75)100-62-36-30-25-21-19-23-27-33-39-95(98)102-79(10-3)11-4)47-51-83(85)84-52-48-78(69-86(84)97)90-56-60-94(107-90)92-58-54-88(105-92)76-44-42-74-67-82(50-46-72(74)65-76)101-63-37-31-26-22-20-24-28-34-40-96(99)103-80(12-5)13-6/h10-13,53-60,70-86H,3-6,8-9,14-52,61-69H2,1-2,7H3. The third kappa shape index (κ3) is 24.1. The maximum atomic E-state index is 12.0.